The van der Waals surface area contributed by atoms with Crippen LogP contribution >= 0.6 is 12.4 Å². The van der Waals surface area contributed by atoms with Gasteiger partial charge in [-0.2, -0.15) is 0 Å². The highest BCUT2D eigenvalue weighted by Gasteiger charge is 2.26. The number of hydrogen-bond donors (Lipinski definition) is 1. The third-order valence-corrected chi connectivity index (χ3v) is 2.20. The van der Waals surface area contributed by atoms with Crippen LogP contribution in [0.2, 0.25) is 0 Å². The second kappa shape index (κ2) is 4.48. The molecule has 3 nitrogen and oxygen atoms in total. The Bertz CT molecular complexity index is 193. The van der Waals surface area contributed by atoms with E-state index in [-0.39, 0.29) is 18.4 Å². The Morgan fingerprint density at radius 1 is 1.67 bits per heavy atom. The molecule has 1 N–H and O–H groups in total. The highest BCUT2D eigenvalue weighted by atomic mass is 35.5. The first-order valence-corrected chi connectivity index (χ1v) is 3.75. The number of carboxylic acids is 1. The lowest BCUT2D eigenvalue weighted by molar-refractivity contribution is -0.133. The summed E-state index contributed by atoms with van der Waals surface area (Å²) < 4.78 is 0. The molecule has 0 amide bonds. The van der Waals surface area contributed by atoms with E-state index in [0.29, 0.717) is 5.57 Å². The second-order valence-electron chi connectivity index (χ2n) is 2.97. The van der Waals surface area contributed by atoms with Crippen molar-refractivity contribution in [1.82, 2.24) is 4.90 Å². The smallest absolute Gasteiger partial charge is 0.332 e. The number of likely N-dealkylation sites (tertiary alicyclic amines) is 1. The number of likely N-dealkylation sites (N-methyl/N-ethyl adjacent to an activating group) is 1. The standard InChI is InChI=1S/C8H13NO2.ClH/c1-6(8(10)11)7-4-3-5-9(7)2;/h7H,1,3-5H2,2H3,(H,10,11);1H. The number of carboxylic acid groups (broad SMARTS) is 1. The van der Waals surface area contributed by atoms with Gasteiger partial charge in [0.05, 0.1) is 0 Å². The Balaban J connectivity index is 0.00000121. The van der Waals surface area contributed by atoms with E-state index in [2.05, 4.69) is 6.58 Å². The summed E-state index contributed by atoms with van der Waals surface area (Å²) in [6.45, 7) is 4.53. The molecule has 0 aromatic heterocycles. The molecule has 1 fully saturated rings. The minimum Gasteiger partial charge on any atom is -0.478 e. The van der Waals surface area contributed by atoms with E-state index in [0.717, 1.165) is 19.4 Å². The molecular formula is C8H14ClNO2. The molecule has 1 saturated heterocycles. The molecule has 0 spiro atoms. The fourth-order valence-corrected chi connectivity index (χ4v) is 1.49. The van der Waals surface area contributed by atoms with Gasteiger partial charge in [-0.3, -0.25) is 4.90 Å². The van der Waals surface area contributed by atoms with Crippen LogP contribution in [0.4, 0.5) is 0 Å². The zero-order valence-electron chi connectivity index (χ0n) is 7.12. The van der Waals surface area contributed by atoms with Crippen molar-refractivity contribution < 1.29 is 9.90 Å². The predicted octanol–water partition coefficient (Wildman–Crippen LogP) is 1.14. The van der Waals surface area contributed by atoms with E-state index >= 15 is 0 Å². The highest BCUT2D eigenvalue weighted by Crippen LogP contribution is 2.20. The summed E-state index contributed by atoms with van der Waals surface area (Å²) >= 11 is 0. The molecule has 1 aliphatic heterocycles. The van der Waals surface area contributed by atoms with Gasteiger partial charge in [-0.25, -0.2) is 4.79 Å². The number of halogens is 1. The maximum absolute atomic E-state index is 10.5. The summed E-state index contributed by atoms with van der Waals surface area (Å²) in [6, 6.07) is 0.0625. The van der Waals surface area contributed by atoms with Crippen molar-refractivity contribution in [2.45, 2.75) is 18.9 Å². The quantitative estimate of drug-likeness (QED) is 0.666. The van der Waals surface area contributed by atoms with E-state index in [1.807, 2.05) is 11.9 Å². The molecule has 1 unspecified atom stereocenters. The summed E-state index contributed by atoms with van der Waals surface area (Å²) in [5.74, 6) is -0.872. The maximum Gasteiger partial charge on any atom is 0.332 e. The normalized spacial score (nSPS) is 23.2. The first kappa shape index (κ1) is 11.5. The molecule has 70 valence electrons. The van der Waals surface area contributed by atoms with Crippen LogP contribution in [-0.4, -0.2) is 35.6 Å². The molecule has 1 heterocycles. The van der Waals surface area contributed by atoms with Gasteiger partial charge in [-0.05, 0) is 26.4 Å². The van der Waals surface area contributed by atoms with Gasteiger partial charge in [-0.1, -0.05) is 6.58 Å². The maximum atomic E-state index is 10.5. The zero-order chi connectivity index (χ0) is 8.43. The Morgan fingerprint density at radius 2 is 2.25 bits per heavy atom. The molecule has 4 heteroatoms. The van der Waals surface area contributed by atoms with Gasteiger partial charge in [0.2, 0.25) is 0 Å². The number of rotatable bonds is 2. The molecule has 0 aromatic carbocycles. The summed E-state index contributed by atoms with van der Waals surface area (Å²) in [7, 11) is 1.94. The third kappa shape index (κ3) is 2.22. The minimum absolute atomic E-state index is 0. The molecule has 12 heavy (non-hydrogen) atoms. The third-order valence-electron chi connectivity index (χ3n) is 2.20. The average Bonchev–Trinajstić information content (AvgIpc) is 2.33. The highest BCUT2D eigenvalue weighted by molar-refractivity contribution is 5.87. The van der Waals surface area contributed by atoms with Gasteiger partial charge in [0.1, 0.15) is 0 Å². The molecule has 0 aliphatic carbocycles. The average molecular weight is 192 g/mol. The molecule has 1 atom stereocenters. The summed E-state index contributed by atoms with van der Waals surface area (Å²) in [5, 5.41) is 8.63. The molecule has 0 saturated carbocycles. The molecule has 0 bridgehead atoms. The SMILES string of the molecule is C=C(C(=O)O)C1CCCN1C.Cl. The fourth-order valence-electron chi connectivity index (χ4n) is 1.49. The fraction of sp³-hybridized carbons (Fsp3) is 0.625. The topological polar surface area (TPSA) is 40.5 Å². The van der Waals surface area contributed by atoms with Crippen LogP contribution in [0.25, 0.3) is 0 Å². The minimum atomic E-state index is -0.872. The first-order chi connectivity index (χ1) is 5.13. The summed E-state index contributed by atoms with van der Waals surface area (Å²) in [4.78, 5) is 12.5. The Kier molecular flexibility index (Phi) is 4.28. The van der Waals surface area contributed by atoms with Crippen LogP contribution in [-0.2, 0) is 4.79 Å². The lowest BCUT2D eigenvalue weighted by atomic mass is 10.1. The van der Waals surface area contributed by atoms with E-state index in [9.17, 15) is 4.79 Å². The van der Waals surface area contributed by atoms with Crippen LogP contribution in [0, 0.1) is 0 Å². The van der Waals surface area contributed by atoms with Crippen molar-refractivity contribution >= 4 is 18.4 Å². The number of aliphatic carboxylic acids is 1. The first-order valence-electron chi connectivity index (χ1n) is 3.75. The van der Waals surface area contributed by atoms with Crippen molar-refractivity contribution in [2.75, 3.05) is 13.6 Å². The molecule has 0 aromatic rings. The summed E-state index contributed by atoms with van der Waals surface area (Å²) in [5.41, 5.74) is 0.324. The second-order valence-corrected chi connectivity index (χ2v) is 2.97. The molecular weight excluding hydrogens is 178 g/mol. The van der Waals surface area contributed by atoms with Gasteiger partial charge in [0.15, 0.2) is 0 Å². The van der Waals surface area contributed by atoms with Crippen molar-refractivity contribution in [3.05, 3.63) is 12.2 Å². The van der Waals surface area contributed by atoms with Crippen LogP contribution in [0.3, 0.4) is 0 Å². The van der Waals surface area contributed by atoms with E-state index in [4.69, 9.17) is 5.11 Å². The van der Waals surface area contributed by atoms with Gasteiger partial charge in [0, 0.05) is 11.6 Å². The van der Waals surface area contributed by atoms with Gasteiger partial charge in [-0.15, -0.1) is 12.4 Å². The van der Waals surface area contributed by atoms with Crippen molar-refractivity contribution in [2.24, 2.45) is 0 Å². The number of nitrogens with zero attached hydrogens (tertiary/aromatic N) is 1. The lowest BCUT2D eigenvalue weighted by Gasteiger charge is -2.18. The van der Waals surface area contributed by atoms with Crippen molar-refractivity contribution in [3.63, 3.8) is 0 Å². The Hall–Kier alpha value is -0.540. The monoisotopic (exact) mass is 191 g/mol. The summed E-state index contributed by atoms with van der Waals surface area (Å²) in [6.07, 6.45) is 2.01. The Morgan fingerprint density at radius 3 is 2.58 bits per heavy atom. The van der Waals surface area contributed by atoms with Gasteiger partial charge in [0.25, 0.3) is 0 Å². The van der Waals surface area contributed by atoms with Crippen molar-refractivity contribution in [1.29, 1.82) is 0 Å². The van der Waals surface area contributed by atoms with Crippen molar-refractivity contribution in [3.8, 4) is 0 Å². The van der Waals surface area contributed by atoms with Crippen LogP contribution in [0.1, 0.15) is 12.8 Å². The van der Waals surface area contributed by atoms with E-state index < -0.39 is 5.97 Å². The largest absolute Gasteiger partial charge is 0.478 e. The molecule has 0 radical (unpaired) electrons. The lowest BCUT2D eigenvalue weighted by Crippen LogP contribution is -2.29. The van der Waals surface area contributed by atoms with Crippen LogP contribution < -0.4 is 0 Å². The number of carbonyl (C=O) groups is 1. The zero-order valence-corrected chi connectivity index (χ0v) is 7.93. The van der Waals surface area contributed by atoms with Crippen LogP contribution in [0.5, 0.6) is 0 Å². The predicted molar refractivity (Wildman–Crippen MR) is 49.7 cm³/mol. The molecule has 1 rings (SSSR count). The van der Waals surface area contributed by atoms with E-state index in [1.165, 1.54) is 0 Å². The van der Waals surface area contributed by atoms with Gasteiger partial charge >= 0.3 is 5.97 Å². The van der Waals surface area contributed by atoms with Crippen LogP contribution in [0.15, 0.2) is 12.2 Å². The molecule has 1 aliphatic rings. The number of hydrogen-bond acceptors (Lipinski definition) is 2. The van der Waals surface area contributed by atoms with E-state index in [1.54, 1.807) is 0 Å². The van der Waals surface area contributed by atoms with Gasteiger partial charge < -0.3 is 5.11 Å². The Labute approximate surface area is 78.5 Å².